The molecule has 2 unspecified atom stereocenters. The van der Waals surface area contributed by atoms with E-state index >= 15 is 0 Å². The summed E-state index contributed by atoms with van der Waals surface area (Å²) in [6.45, 7) is 4.21. The van der Waals surface area contributed by atoms with Gasteiger partial charge in [-0.05, 0) is 32.4 Å². The van der Waals surface area contributed by atoms with Gasteiger partial charge in [-0.2, -0.15) is 16.9 Å². The van der Waals surface area contributed by atoms with Crippen LogP contribution in [0.4, 0.5) is 0 Å². The zero-order chi connectivity index (χ0) is 12.4. The monoisotopic (exact) mass is 273 g/mol. The number of hydrogen-bond acceptors (Lipinski definition) is 3. The minimum absolute atomic E-state index is 0.00213. The smallest absolute Gasteiger partial charge is 0.0834 e. The van der Waals surface area contributed by atoms with Gasteiger partial charge in [0.15, 0.2) is 0 Å². The van der Waals surface area contributed by atoms with E-state index in [9.17, 15) is 0 Å². The molecular weight excluding hydrogens is 254 g/mol. The highest BCUT2D eigenvalue weighted by Crippen LogP contribution is 2.36. The van der Waals surface area contributed by atoms with Crippen LogP contribution in [0.2, 0.25) is 5.02 Å². The third-order valence-electron chi connectivity index (χ3n) is 3.21. The van der Waals surface area contributed by atoms with Crippen LogP contribution in [0.5, 0.6) is 0 Å². The Hall–Kier alpha value is -0.190. The fourth-order valence-electron chi connectivity index (χ4n) is 2.30. The SMILES string of the molecule is CC(C)n1ncc(Cl)c1C(N)C1CCCCS1. The maximum absolute atomic E-state index is 6.39. The Balaban J connectivity index is 2.22. The number of nitrogens with zero attached hydrogens (tertiary/aromatic N) is 2. The van der Waals surface area contributed by atoms with Crippen molar-refractivity contribution in [3.8, 4) is 0 Å². The van der Waals surface area contributed by atoms with Crippen molar-refractivity contribution in [2.75, 3.05) is 5.75 Å². The highest BCUT2D eigenvalue weighted by atomic mass is 35.5. The molecule has 2 atom stereocenters. The van der Waals surface area contributed by atoms with Crippen molar-refractivity contribution < 1.29 is 0 Å². The number of hydrogen-bond donors (Lipinski definition) is 1. The van der Waals surface area contributed by atoms with Gasteiger partial charge in [-0.3, -0.25) is 4.68 Å². The van der Waals surface area contributed by atoms with Gasteiger partial charge < -0.3 is 5.73 Å². The lowest BCUT2D eigenvalue weighted by molar-refractivity contribution is 0.470. The predicted molar refractivity (Wildman–Crippen MR) is 74.6 cm³/mol. The molecule has 0 saturated carbocycles. The third-order valence-corrected chi connectivity index (χ3v) is 4.98. The fraction of sp³-hybridized carbons (Fsp3) is 0.750. The summed E-state index contributed by atoms with van der Waals surface area (Å²) in [6.07, 6.45) is 5.49. The molecule has 96 valence electrons. The number of nitrogens with two attached hydrogens (primary N) is 1. The normalized spacial score (nSPS) is 23.0. The van der Waals surface area contributed by atoms with Crippen molar-refractivity contribution in [2.45, 2.75) is 50.4 Å². The highest BCUT2D eigenvalue weighted by Gasteiger charge is 2.27. The molecule has 1 fully saturated rings. The van der Waals surface area contributed by atoms with Crippen molar-refractivity contribution in [1.29, 1.82) is 0 Å². The van der Waals surface area contributed by atoms with Crippen LogP contribution in [0, 0.1) is 0 Å². The van der Waals surface area contributed by atoms with Gasteiger partial charge in [0.2, 0.25) is 0 Å². The van der Waals surface area contributed by atoms with Crippen LogP contribution in [0.25, 0.3) is 0 Å². The molecular formula is C12H20ClN3S. The molecule has 1 saturated heterocycles. The summed E-state index contributed by atoms with van der Waals surface area (Å²) in [7, 11) is 0. The van der Waals surface area contributed by atoms with E-state index in [-0.39, 0.29) is 6.04 Å². The molecule has 1 aromatic heterocycles. The molecule has 0 spiro atoms. The minimum atomic E-state index is -0.00213. The second-order valence-corrected chi connectivity index (χ2v) is 6.60. The fourth-order valence-corrected chi connectivity index (χ4v) is 3.90. The zero-order valence-electron chi connectivity index (χ0n) is 10.4. The Morgan fingerprint density at radius 2 is 2.29 bits per heavy atom. The van der Waals surface area contributed by atoms with Gasteiger partial charge in [-0.15, -0.1) is 0 Å². The Morgan fingerprint density at radius 1 is 1.53 bits per heavy atom. The highest BCUT2D eigenvalue weighted by molar-refractivity contribution is 8.00. The predicted octanol–water partition coefficient (Wildman–Crippen LogP) is 3.40. The van der Waals surface area contributed by atoms with Crippen LogP contribution in [0.1, 0.15) is 50.9 Å². The van der Waals surface area contributed by atoms with Gasteiger partial charge in [0.1, 0.15) is 0 Å². The first-order chi connectivity index (χ1) is 8.11. The van der Waals surface area contributed by atoms with E-state index in [1.807, 2.05) is 16.4 Å². The minimum Gasteiger partial charge on any atom is -0.322 e. The molecule has 1 aromatic rings. The van der Waals surface area contributed by atoms with Gasteiger partial charge in [0.05, 0.1) is 23.0 Å². The first-order valence-electron chi connectivity index (χ1n) is 6.21. The molecule has 3 nitrogen and oxygen atoms in total. The first kappa shape index (κ1) is 13.2. The number of halogens is 1. The average molecular weight is 274 g/mol. The van der Waals surface area contributed by atoms with Gasteiger partial charge in [-0.25, -0.2) is 0 Å². The van der Waals surface area contributed by atoms with Gasteiger partial charge in [-0.1, -0.05) is 18.0 Å². The topological polar surface area (TPSA) is 43.8 Å². The van der Waals surface area contributed by atoms with E-state index in [4.69, 9.17) is 17.3 Å². The lowest BCUT2D eigenvalue weighted by atomic mass is 10.0. The van der Waals surface area contributed by atoms with Crippen molar-refractivity contribution >= 4 is 23.4 Å². The van der Waals surface area contributed by atoms with Crippen molar-refractivity contribution in [3.05, 3.63) is 16.9 Å². The number of aromatic nitrogens is 2. The summed E-state index contributed by atoms with van der Waals surface area (Å²) in [5, 5.41) is 5.51. The van der Waals surface area contributed by atoms with Gasteiger partial charge in [0, 0.05) is 11.3 Å². The van der Waals surface area contributed by atoms with Crippen molar-refractivity contribution in [2.24, 2.45) is 5.73 Å². The Morgan fingerprint density at radius 3 is 2.88 bits per heavy atom. The van der Waals surface area contributed by atoms with Crippen LogP contribution >= 0.6 is 23.4 Å². The van der Waals surface area contributed by atoms with E-state index in [0.717, 1.165) is 5.69 Å². The van der Waals surface area contributed by atoms with E-state index in [0.29, 0.717) is 16.3 Å². The Kier molecular flexibility index (Phi) is 4.39. The molecule has 2 N–H and O–H groups in total. The number of thioether (sulfide) groups is 1. The van der Waals surface area contributed by atoms with Crippen molar-refractivity contribution in [1.82, 2.24) is 9.78 Å². The Labute approximate surface area is 112 Å². The molecule has 2 rings (SSSR count). The van der Waals surface area contributed by atoms with Crippen LogP contribution in [-0.2, 0) is 0 Å². The van der Waals surface area contributed by atoms with E-state index in [1.165, 1.54) is 25.0 Å². The molecule has 1 aliphatic rings. The maximum atomic E-state index is 6.39. The molecule has 0 aromatic carbocycles. The van der Waals surface area contributed by atoms with E-state index in [2.05, 4.69) is 18.9 Å². The first-order valence-corrected chi connectivity index (χ1v) is 7.64. The molecule has 2 heterocycles. The Bertz CT molecular complexity index is 372. The van der Waals surface area contributed by atoms with Crippen LogP contribution < -0.4 is 5.73 Å². The summed E-state index contributed by atoms with van der Waals surface area (Å²) in [5.41, 5.74) is 7.39. The van der Waals surface area contributed by atoms with Gasteiger partial charge in [0.25, 0.3) is 0 Å². The second-order valence-electron chi connectivity index (χ2n) is 4.85. The molecule has 0 amide bonds. The summed E-state index contributed by atoms with van der Waals surface area (Å²) in [6, 6.07) is 0.301. The molecule has 0 aliphatic carbocycles. The molecule has 17 heavy (non-hydrogen) atoms. The lowest BCUT2D eigenvalue weighted by Gasteiger charge is -2.28. The quantitative estimate of drug-likeness (QED) is 0.918. The summed E-state index contributed by atoms with van der Waals surface area (Å²) < 4.78 is 1.96. The summed E-state index contributed by atoms with van der Waals surface area (Å²) in [5.74, 6) is 1.21. The molecule has 5 heteroatoms. The van der Waals surface area contributed by atoms with Crippen LogP contribution in [0.3, 0.4) is 0 Å². The molecule has 1 aliphatic heterocycles. The number of rotatable bonds is 3. The average Bonchev–Trinajstić information content (AvgIpc) is 2.71. The maximum Gasteiger partial charge on any atom is 0.0834 e. The molecule has 0 bridgehead atoms. The van der Waals surface area contributed by atoms with Gasteiger partial charge >= 0.3 is 0 Å². The largest absolute Gasteiger partial charge is 0.322 e. The van der Waals surface area contributed by atoms with Crippen LogP contribution in [-0.4, -0.2) is 20.8 Å². The van der Waals surface area contributed by atoms with E-state index < -0.39 is 0 Å². The summed E-state index contributed by atoms with van der Waals surface area (Å²) >= 11 is 8.20. The van der Waals surface area contributed by atoms with Crippen LogP contribution in [0.15, 0.2) is 6.20 Å². The zero-order valence-corrected chi connectivity index (χ0v) is 12.0. The standard InChI is InChI=1S/C12H20ClN3S/c1-8(2)16-12(9(13)7-15-16)11(14)10-5-3-4-6-17-10/h7-8,10-11H,3-6,14H2,1-2H3. The lowest BCUT2D eigenvalue weighted by Crippen LogP contribution is -2.29. The third kappa shape index (κ3) is 2.80. The molecule has 0 radical (unpaired) electrons. The van der Waals surface area contributed by atoms with E-state index in [1.54, 1.807) is 6.20 Å². The second kappa shape index (κ2) is 5.63. The summed E-state index contributed by atoms with van der Waals surface area (Å²) in [4.78, 5) is 0. The van der Waals surface area contributed by atoms with Crippen molar-refractivity contribution in [3.63, 3.8) is 0 Å².